The lowest BCUT2D eigenvalue weighted by Crippen LogP contribution is -2.35. The minimum absolute atomic E-state index is 0.0604. The van der Waals surface area contributed by atoms with E-state index >= 15 is 0 Å². The van der Waals surface area contributed by atoms with Crippen molar-refractivity contribution in [3.05, 3.63) is 37.9 Å². The maximum Gasteiger partial charge on any atom is 0.523 e. The first-order valence-corrected chi connectivity index (χ1v) is 10.9. The molecule has 0 radical (unpaired) electrons. The van der Waals surface area contributed by atoms with Crippen LogP contribution in [0.3, 0.4) is 0 Å². The molecule has 0 spiro atoms. The van der Waals surface area contributed by atoms with Crippen molar-refractivity contribution in [2.75, 3.05) is 43.1 Å². The van der Waals surface area contributed by atoms with E-state index in [1.807, 2.05) is 0 Å². The van der Waals surface area contributed by atoms with Crippen LogP contribution in [0.25, 0.3) is 0 Å². The van der Waals surface area contributed by atoms with Gasteiger partial charge in [-0.05, 0) is 0 Å². The summed E-state index contributed by atoms with van der Waals surface area (Å²) in [6.07, 6.45) is 0. The number of hydrogen-bond acceptors (Lipinski definition) is 10. The fourth-order valence-corrected chi connectivity index (χ4v) is 3.24. The molecule has 180 valence electrons. The molecular formula is C14H16BrF3N4O9S. The predicted octanol–water partition coefficient (Wildman–Crippen LogP) is 1.29. The van der Waals surface area contributed by atoms with Crippen molar-refractivity contribution in [3.8, 4) is 0 Å². The second-order valence-corrected chi connectivity index (χ2v) is 8.15. The third-order valence-electron chi connectivity index (χ3n) is 3.68. The zero-order valence-corrected chi connectivity index (χ0v) is 18.3. The van der Waals surface area contributed by atoms with Crippen LogP contribution in [0.1, 0.15) is 10.4 Å². The number of carbonyl (C=O) groups excluding carboxylic acids is 1. The molecule has 13 nitrogen and oxygen atoms in total. The molecule has 1 aromatic carbocycles. The first kappa shape index (κ1) is 27.5. The number of nitro groups is 2. The number of aliphatic hydroxyl groups excluding tert-OH is 1. The van der Waals surface area contributed by atoms with Crippen molar-refractivity contribution in [1.82, 2.24) is 5.32 Å². The Hall–Kier alpha value is -2.57. The van der Waals surface area contributed by atoms with Crippen LogP contribution in [0.4, 0.5) is 30.2 Å². The third kappa shape index (κ3) is 6.97. The van der Waals surface area contributed by atoms with Gasteiger partial charge in [0.2, 0.25) is 0 Å². The maximum atomic E-state index is 12.5. The molecule has 18 heteroatoms. The summed E-state index contributed by atoms with van der Waals surface area (Å²) in [5, 5.41) is 33.8. The lowest BCUT2D eigenvalue weighted by Gasteiger charge is -2.25. The van der Waals surface area contributed by atoms with Gasteiger partial charge in [0.1, 0.15) is 5.69 Å². The van der Waals surface area contributed by atoms with Crippen LogP contribution in [-0.2, 0) is 14.3 Å². The molecule has 0 fully saturated rings. The largest absolute Gasteiger partial charge is 0.523 e. The molecule has 1 rings (SSSR count). The Morgan fingerprint density at radius 2 is 1.84 bits per heavy atom. The Kier molecular flexibility index (Phi) is 9.73. The first-order chi connectivity index (χ1) is 14.8. The van der Waals surface area contributed by atoms with Gasteiger partial charge in [-0.1, -0.05) is 15.9 Å². The van der Waals surface area contributed by atoms with Crippen LogP contribution >= 0.6 is 15.9 Å². The van der Waals surface area contributed by atoms with E-state index in [-0.39, 0.29) is 18.4 Å². The van der Waals surface area contributed by atoms with Gasteiger partial charge in [-0.2, -0.15) is 21.6 Å². The number of nitrogens with zero attached hydrogens (tertiary/aromatic N) is 3. The van der Waals surface area contributed by atoms with Gasteiger partial charge in [-0.3, -0.25) is 29.2 Å². The minimum Gasteiger partial charge on any atom is -0.395 e. The average Bonchev–Trinajstić information content (AvgIpc) is 2.69. The zero-order chi connectivity index (χ0) is 24.7. The lowest BCUT2D eigenvalue weighted by molar-refractivity contribution is -0.393. The van der Waals surface area contributed by atoms with E-state index in [9.17, 15) is 46.6 Å². The highest BCUT2D eigenvalue weighted by Crippen LogP contribution is 2.36. The van der Waals surface area contributed by atoms with Crippen molar-refractivity contribution in [1.29, 1.82) is 0 Å². The summed E-state index contributed by atoms with van der Waals surface area (Å²) in [5.74, 6) is -1.05. The van der Waals surface area contributed by atoms with E-state index in [0.717, 1.165) is 4.90 Å². The average molecular weight is 553 g/mol. The van der Waals surface area contributed by atoms with E-state index in [1.165, 1.54) is 0 Å². The Morgan fingerprint density at radius 1 is 1.22 bits per heavy atom. The summed E-state index contributed by atoms with van der Waals surface area (Å²) in [5.41, 5.74) is -8.53. The molecule has 0 bridgehead atoms. The normalized spacial score (nSPS) is 11.8. The van der Waals surface area contributed by atoms with Gasteiger partial charge < -0.3 is 15.3 Å². The van der Waals surface area contributed by atoms with Crippen LogP contribution in [0, 0.1) is 20.2 Å². The molecule has 0 heterocycles. The fourth-order valence-electron chi connectivity index (χ4n) is 2.38. The number of aliphatic hydroxyl groups is 1. The van der Waals surface area contributed by atoms with Crippen molar-refractivity contribution >= 4 is 49.0 Å². The van der Waals surface area contributed by atoms with Crippen molar-refractivity contribution in [2.45, 2.75) is 5.51 Å². The van der Waals surface area contributed by atoms with Crippen LogP contribution < -0.4 is 10.2 Å². The second kappa shape index (κ2) is 11.3. The molecule has 0 atom stereocenters. The Morgan fingerprint density at radius 3 is 2.31 bits per heavy atom. The summed E-state index contributed by atoms with van der Waals surface area (Å²) in [6.45, 7) is -2.78. The summed E-state index contributed by atoms with van der Waals surface area (Å²) in [6, 6.07) is 1.26. The number of nitro benzene ring substituents is 2. The van der Waals surface area contributed by atoms with Crippen LogP contribution in [0.5, 0.6) is 0 Å². The molecule has 0 unspecified atom stereocenters. The van der Waals surface area contributed by atoms with E-state index in [4.69, 9.17) is 5.11 Å². The van der Waals surface area contributed by atoms with Gasteiger partial charge in [0.05, 0.1) is 34.7 Å². The number of rotatable bonds is 12. The van der Waals surface area contributed by atoms with Crippen molar-refractivity contribution in [2.24, 2.45) is 0 Å². The van der Waals surface area contributed by atoms with Crippen LogP contribution in [-0.4, -0.2) is 73.0 Å². The third-order valence-corrected chi connectivity index (χ3v) is 5.08. The smallest absolute Gasteiger partial charge is 0.395 e. The molecular weight excluding hydrogens is 537 g/mol. The van der Waals surface area contributed by atoms with Gasteiger partial charge in [0.25, 0.3) is 17.3 Å². The Balaban J connectivity index is 3.51. The topological polar surface area (TPSA) is 182 Å². The van der Waals surface area contributed by atoms with Gasteiger partial charge >= 0.3 is 15.6 Å². The molecule has 1 amide bonds. The molecule has 0 aromatic heterocycles. The highest BCUT2D eigenvalue weighted by molar-refractivity contribution is 9.09. The maximum absolute atomic E-state index is 12.5. The molecule has 32 heavy (non-hydrogen) atoms. The highest BCUT2D eigenvalue weighted by Gasteiger charge is 2.47. The van der Waals surface area contributed by atoms with Gasteiger partial charge in [-0.15, -0.1) is 0 Å². The Labute approximate surface area is 186 Å². The van der Waals surface area contributed by atoms with Crippen LogP contribution in [0.2, 0.25) is 0 Å². The predicted molar refractivity (Wildman–Crippen MR) is 106 cm³/mol. The highest BCUT2D eigenvalue weighted by atomic mass is 79.9. The van der Waals surface area contributed by atoms with Gasteiger partial charge in [-0.25, -0.2) is 0 Å². The van der Waals surface area contributed by atoms with Gasteiger partial charge in [0, 0.05) is 31.0 Å². The van der Waals surface area contributed by atoms with Crippen molar-refractivity contribution < 1.29 is 45.5 Å². The molecule has 2 N–H and O–H groups in total. The number of halogens is 4. The molecule has 0 aliphatic heterocycles. The number of non-ortho nitro benzene ring substituents is 1. The van der Waals surface area contributed by atoms with Crippen LogP contribution in [0.15, 0.2) is 12.1 Å². The molecule has 1 aromatic rings. The van der Waals surface area contributed by atoms with Gasteiger partial charge in [0.15, 0.2) is 0 Å². The minimum atomic E-state index is -5.94. The van der Waals surface area contributed by atoms with E-state index in [1.54, 1.807) is 0 Å². The van der Waals surface area contributed by atoms with E-state index < -0.39 is 73.8 Å². The molecule has 0 saturated heterocycles. The number of amides is 1. The first-order valence-electron chi connectivity index (χ1n) is 8.39. The quantitative estimate of drug-likeness (QED) is 0.126. The number of alkyl halides is 4. The summed E-state index contributed by atoms with van der Waals surface area (Å²) < 4.78 is 63.4. The molecule has 0 aliphatic carbocycles. The van der Waals surface area contributed by atoms with Crippen molar-refractivity contribution in [3.63, 3.8) is 0 Å². The fraction of sp³-hybridized carbons (Fsp3) is 0.500. The Bertz CT molecular complexity index is 975. The molecule has 0 saturated carbocycles. The summed E-state index contributed by atoms with van der Waals surface area (Å²) in [7, 11) is -5.94. The van der Waals surface area contributed by atoms with E-state index in [2.05, 4.69) is 25.4 Å². The number of nitrogens with one attached hydrogen (secondary N) is 1. The number of benzene rings is 1. The number of anilines is 1. The van der Waals surface area contributed by atoms with E-state index in [0.29, 0.717) is 12.1 Å². The molecule has 0 aliphatic rings. The lowest BCUT2D eigenvalue weighted by atomic mass is 10.1. The summed E-state index contributed by atoms with van der Waals surface area (Å²) in [4.78, 5) is 34.1. The number of hydrogen-bond donors (Lipinski definition) is 2. The number of carbonyl (C=O) groups is 1. The zero-order valence-electron chi connectivity index (χ0n) is 15.9. The summed E-state index contributed by atoms with van der Waals surface area (Å²) >= 11 is 3.02. The monoisotopic (exact) mass is 552 g/mol. The second-order valence-electron chi connectivity index (χ2n) is 5.75. The SMILES string of the molecule is O=C(NCCO)c1cc([N+](=O)[O-])cc([N+](=O)[O-])c1N(CCBr)CCOS(=O)(=O)C(F)(F)F. The standard InChI is InChI=1S/C14H16BrF3N4O9S/c15-1-3-20(4-6-31-32(29,30)14(16,17)18)12-10(13(24)19-2-5-23)7-9(21(25)26)8-11(12)22(27)28/h7-8,23H,1-6H2,(H,19,24).